The summed E-state index contributed by atoms with van der Waals surface area (Å²) in [4.78, 5) is 13.0. The van der Waals surface area contributed by atoms with E-state index in [1.807, 2.05) is 61.6 Å². The third-order valence-corrected chi connectivity index (χ3v) is 3.57. The molecule has 24 heavy (non-hydrogen) atoms. The normalized spacial score (nSPS) is 10.5. The van der Waals surface area contributed by atoms with Gasteiger partial charge in [-0.3, -0.25) is 0 Å². The van der Waals surface area contributed by atoms with Gasteiger partial charge in [-0.05, 0) is 18.2 Å². The lowest BCUT2D eigenvalue weighted by molar-refractivity contribution is 0.818. The van der Waals surface area contributed by atoms with Crippen LogP contribution in [0.5, 0.6) is 0 Å². The molecule has 3 aromatic rings. The summed E-state index contributed by atoms with van der Waals surface area (Å²) in [6, 6.07) is 18.1. The lowest BCUT2D eigenvalue weighted by atomic mass is 10.1. The minimum Gasteiger partial charge on any atom is -0.368 e. The van der Waals surface area contributed by atoms with E-state index in [2.05, 4.69) is 25.6 Å². The van der Waals surface area contributed by atoms with Crippen molar-refractivity contribution in [1.29, 1.82) is 0 Å². The van der Waals surface area contributed by atoms with Crippen molar-refractivity contribution in [2.45, 2.75) is 13.1 Å². The zero-order valence-electron chi connectivity index (χ0n) is 13.5. The van der Waals surface area contributed by atoms with Gasteiger partial charge < -0.3 is 16.4 Å². The number of benzene rings is 2. The summed E-state index contributed by atoms with van der Waals surface area (Å²) in [5.41, 5.74) is 9.08. The van der Waals surface area contributed by atoms with Crippen molar-refractivity contribution >= 4 is 11.9 Å². The Labute approximate surface area is 141 Å². The van der Waals surface area contributed by atoms with Crippen LogP contribution in [0.4, 0.5) is 11.9 Å². The topological polar surface area (TPSA) is 88.8 Å². The first kappa shape index (κ1) is 15.9. The van der Waals surface area contributed by atoms with Crippen LogP contribution in [0.3, 0.4) is 0 Å². The van der Waals surface area contributed by atoms with Crippen LogP contribution in [0.2, 0.25) is 0 Å². The number of nitrogen functional groups attached to an aromatic ring is 1. The molecule has 0 radical (unpaired) electrons. The van der Waals surface area contributed by atoms with Crippen molar-refractivity contribution in [2.75, 3.05) is 18.1 Å². The van der Waals surface area contributed by atoms with Crippen LogP contribution in [-0.4, -0.2) is 22.0 Å². The van der Waals surface area contributed by atoms with Crippen LogP contribution >= 0.6 is 0 Å². The molecule has 0 unspecified atom stereocenters. The molecule has 0 aliphatic heterocycles. The molecule has 122 valence electrons. The van der Waals surface area contributed by atoms with Crippen LogP contribution < -0.4 is 16.4 Å². The Hall–Kier alpha value is -2.99. The first-order chi connectivity index (χ1) is 11.8. The SMILES string of the molecule is CNCc1ccccc1-c1nc(N)nc(NCc2ccccc2)n1. The van der Waals surface area contributed by atoms with Crippen molar-refractivity contribution in [2.24, 2.45) is 0 Å². The average molecular weight is 320 g/mol. The molecule has 0 atom stereocenters. The van der Waals surface area contributed by atoms with Crippen LogP contribution in [0.15, 0.2) is 54.6 Å². The highest BCUT2D eigenvalue weighted by molar-refractivity contribution is 5.62. The fourth-order valence-corrected chi connectivity index (χ4v) is 2.45. The number of rotatable bonds is 6. The quantitative estimate of drug-likeness (QED) is 0.646. The summed E-state index contributed by atoms with van der Waals surface area (Å²) in [5.74, 6) is 1.25. The van der Waals surface area contributed by atoms with Gasteiger partial charge in [0, 0.05) is 18.7 Å². The number of nitrogens with one attached hydrogen (secondary N) is 2. The van der Waals surface area contributed by atoms with Gasteiger partial charge in [0.15, 0.2) is 5.82 Å². The highest BCUT2D eigenvalue weighted by Gasteiger charge is 2.10. The van der Waals surface area contributed by atoms with Gasteiger partial charge in [0.1, 0.15) is 0 Å². The van der Waals surface area contributed by atoms with Crippen molar-refractivity contribution < 1.29 is 0 Å². The predicted molar refractivity (Wildman–Crippen MR) is 96.2 cm³/mol. The maximum absolute atomic E-state index is 5.87. The second-order valence-electron chi connectivity index (χ2n) is 5.37. The Morgan fingerprint density at radius 3 is 2.42 bits per heavy atom. The fourth-order valence-electron chi connectivity index (χ4n) is 2.45. The molecule has 2 aromatic carbocycles. The molecule has 3 rings (SSSR count). The maximum atomic E-state index is 5.87. The summed E-state index contributed by atoms with van der Waals surface area (Å²) in [5, 5.41) is 6.36. The highest BCUT2D eigenvalue weighted by atomic mass is 15.2. The van der Waals surface area contributed by atoms with E-state index in [1.54, 1.807) is 0 Å². The number of nitrogens with zero attached hydrogens (tertiary/aromatic N) is 3. The van der Waals surface area contributed by atoms with Crippen LogP contribution in [0.1, 0.15) is 11.1 Å². The zero-order chi connectivity index (χ0) is 16.8. The minimum absolute atomic E-state index is 0.204. The summed E-state index contributed by atoms with van der Waals surface area (Å²) >= 11 is 0. The van der Waals surface area contributed by atoms with Crippen LogP contribution in [0.25, 0.3) is 11.4 Å². The number of nitrogens with two attached hydrogens (primary N) is 1. The van der Waals surface area contributed by atoms with E-state index in [-0.39, 0.29) is 5.95 Å². The lowest BCUT2D eigenvalue weighted by Gasteiger charge is -2.10. The summed E-state index contributed by atoms with van der Waals surface area (Å²) in [6.07, 6.45) is 0. The van der Waals surface area contributed by atoms with Gasteiger partial charge >= 0.3 is 0 Å². The largest absolute Gasteiger partial charge is 0.368 e. The van der Waals surface area contributed by atoms with Crippen molar-refractivity contribution in [3.05, 3.63) is 65.7 Å². The van der Waals surface area contributed by atoms with E-state index in [9.17, 15) is 0 Å². The second-order valence-corrected chi connectivity index (χ2v) is 5.37. The summed E-state index contributed by atoms with van der Waals surface area (Å²) < 4.78 is 0. The van der Waals surface area contributed by atoms with E-state index >= 15 is 0 Å². The molecule has 0 spiro atoms. The first-order valence-corrected chi connectivity index (χ1v) is 7.78. The fraction of sp³-hybridized carbons (Fsp3) is 0.167. The minimum atomic E-state index is 0.204. The summed E-state index contributed by atoms with van der Waals surface area (Å²) in [7, 11) is 1.91. The molecule has 6 nitrogen and oxygen atoms in total. The Kier molecular flexibility index (Phi) is 4.98. The van der Waals surface area contributed by atoms with Crippen molar-refractivity contribution in [1.82, 2.24) is 20.3 Å². The lowest BCUT2D eigenvalue weighted by Crippen LogP contribution is -2.10. The number of hydrogen-bond acceptors (Lipinski definition) is 6. The first-order valence-electron chi connectivity index (χ1n) is 7.78. The Morgan fingerprint density at radius 2 is 1.62 bits per heavy atom. The summed E-state index contributed by atoms with van der Waals surface area (Å²) in [6.45, 7) is 1.36. The predicted octanol–water partition coefficient (Wildman–Crippen LogP) is 2.45. The van der Waals surface area contributed by atoms with E-state index in [1.165, 1.54) is 0 Å². The van der Waals surface area contributed by atoms with Gasteiger partial charge in [-0.25, -0.2) is 0 Å². The Balaban J connectivity index is 1.86. The molecule has 1 aromatic heterocycles. The van der Waals surface area contributed by atoms with E-state index in [0.29, 0.717) is 18.3 Å². The molecule has 0 aliphatic rings. The van der Waals surface area contributed by atoms with Gasteiger partial charge in [0.25, 0.3) is 0 Å². The second kappa shape index (κ2) is 7.52. The smallest absolute Gasteiger partial charge is 0.228 e. The van der Waals surface area contributed by atoms with Crippen LogP contribution in [-0.2, 0) is 13.1 Å². The third-order valence-electron chi connectivity index (χ3n) is 3.57. The molecular weight excluding hydrogens is 300 g/mol. The van der Waals surface area contributed by atoms with Gasteiger partial charge in [0.05, 0.1) is 0 Å². The third kappa shape index (κ3) is 3.85. The molecule has 1 heterocycles. The van der Waals surface area contributed by atoms with E-state index < -0.39 is 0 Å². The van der Waals surface area contributed by atoms with Gasteiger partial charge in [0.2, 0.25) is 11.9 Å². The van der Waals surface area contributed by atoms with Gasteiger partial charge in [-0.1, -0.05) is 54.6 Å². The molecule has 0 saturated heterocycles. The number of anilines is 2. The van der Waals surface area contributed by atoms with E-state index in [0.717, 1.165) is 23.2 Å². The molecule has 0 saturated carbocycles. The molecule has 0 bridgehead atoms. The molecular formula is C18H20N6. The Morgan fingerprint density at radius 1 is 0.875 bits per heavy atom. The molecule has 6 heteroatoms. The molecule has 4 N–H and O–H groups in total. The molecule has 0 aliphatic carbocycles. The zero-order valence-corrected chi connectivity index (χ0v) is 13.5. The molecule has 0 amide bonds. The van der Waals surface area contributed by atoms with Gasteiger partial charge in [-0.2, -0.15) is 15.0 Å². The van der Waals surface area contributed by atoms with Crippen LogP contribution in [0, 0.1) is 0 Å². The average Bonchev–Trinajstić information content (AvgIpc) is 2.61. The number of hydrogen-bond donors (Lipinski definition) is 3. The maximum Gasteiger partial charge on any atom is 0.228 e. The van der Waals surface area contributed by atoms with Gasteiger partial charge in [-0.15, -0.1) is 0 Å². The highest BCUT2D eigenvalue weighted by Crippen LogP contribution is 2.21. The standard InChI is InChI=1S/C18H20N6/c1-20-12-14-9-5-6-10-15(14)16-22-17(19)24-18(23-16)21-11-13-7-3-2-4-8-13/h2-10,20H,11-12H2,1H3,(H3,19,21,22,23,24). The Bertz CT molecular complexity index is 804. The molecule has 0 fully saturated rings. The number of aromatic nitrogens is 3. The van der Waals surface area contributed by atoms with Crippen molar-refractivity contribution in [3.8, 4) is 11.4 Å². The monoisotopic (exact) mass is 320 g/mol. The van der Waals surface area contributed by atoms with E-state index in [4.69, 9.17) is 5.73 Å². The van der Waals surface area contributed by atoms with Crippen molar-refractivity contribution in [3.63, 3.8) is 0 Å².